The molecular formula is C20H14Br2N4O2. The number of aromatic hydroxyl groups is 1. The predicted octanol–water partition coefficient (Wildman–Crippen LogP) is 6.10. The number of halogens is 2. The molecule has 0 fully saturated rings. The summed E-state index contributed by atoms with van der Waals surface area (Å²) in [4.78, 5) is 12.1. The first-order valence-electron chi connectivity index (χ1n) is 8.10. The van der Waals surface area contributed by atoms with E-state index in [0.717, 1.165) is 8.95 Å². The number of nitrogens with one attached hydrogen (secondary N) is 1. The molecule has 3 aromatic rings. The molecule has 3 aromatic carbocycles. The van der Waals surface area contributed by atoms with Gasteiger partial charge >= 0.3 is 0 Å². The van der Waals surface area contributed by atoms with Crippen LogP contribution in [0.3, 0.4) is 0 Å². The van der Waals surface area contributed by atoms with Crippen LogP contribution in [0.1, 0.15) is 15.9 Å². The van der Waals surface area contributed by atoms with Crippen LogP contribution in [0.5, 0.6) is 5.75 Å². The van der Waals surface area contributed by atoms with Gasteiger partial charge in [-0.1, -0.05) is 44.0 Å². The van der Waals surface area contributed by atoms with Crippen LogP contribution in [0.15, 0.2) is 91.0 Å². The van der Waals surface area contributed by atoms with Crippen molar-refractivity contribution in [1.82, 2.24) is 5.43 Å². The molecule has 0 saturated carbocycles. The molecule has 0 heterocycles. The minimum absolute atomic E-state index is 0.0156. The Morgan fingerprint density at radius 3 is 2.29 bits per heavy atom. The highest BCUT2D eigenvalue weighted by Crippen LogP contribution is 2.25. The van der Waals surface area contributed by atoms with E-state index in [9.17, 15) is 9.90 Å². The quantitative estimate of drug-likeness (QED) is 0.251. The van der Waals surface area contributed by atoms with Gasteiger partial charge in [0.2, 0.25) is 0 Å². The van der Waals surface area contributed by atoms with Gasteiger partial charge in [0.1, 0.15) is 5.75 Å². The number of nitrogens with zero attached hydrogens (tertiary/aromatic N) is 3. The van der Waals surface area contributed by atoms with E-state index >= 15 is 0 Å². The van der Waals surface area contributed by atoms with Crippen LogP contribution in [0.2, 0.25) is 0 Å². The molecule has 0 aliphatic rings. The molecular weight excluding hydrogens is 488 g/mol. The van der Waals surface area contributed by atoms with Gasteiger partial charge in [0.15, 0.2) is 0 Å². The second-order valence-electron chi connectivity index (χ2n) is 5.63. The van der Waals surface area contributed by atoms with Crippen molar-refractivity contribution in [3.8, 4) is 5.75 Å². The van der Waals surface area contributed by atoms with E-state index in [1.165, 1.54) is 12.3 Å². The molecule has 0 unspecified atom stereocenters. The Morgan fingerprint density at radius 2 is 1.57 bits per heavy atom. The van der Waals surface area contributed by atoms with Gasteiger partial charge in [-0.2, -0.15) is 15.3 Å². The Hall–Kier alpha value is -2.84. The van der Waals surface area contributed by atoms with Crippen LogP contribution in [-0.2, 0) is 0 Å². The normalized spacial score (nSPS) is 11.2. The summed E-state index contributed by atoms with van der Waals surface area (Å²) < 4.78 is 1.70. The van der Waals surface area contributed by atoms with Crippen molar-refractivity contribution >= 4 is 55.4 Å². The molecule has 6 nitrogen and oxygen atoms in total. The van der Waals surface area contributed by atoms with E-state index in [-0.39, 0.29) is 11.7 Å². The van der Waals surface area contributed by atoms with E-state index in [2.05, 4.69) is 52.6 Å². The first kappa shape index (κ1) is 19.9. The highest BCUT2D eigenvalue weighted by molar-refractivity contribution is 9.10. The van der Waals surface area contributed by atoms with E-state index in [0.29, 0.717) is 22.5 Å². The van der Waals surface area contributed by atoms with E-state index in [1.807, 2.05) is 30.3 Å². The molecule has 0 aliphatic carbocycles. The number of amides is 1. The van der Waals surface area contributed by atoms with Gasteiger partial charge in [-0.25, -0.2) is 5.43 Å². The first-order chi connectivity index (χ1) is 13.5. The molecule has 0 bridgehead atoms. The summed E-state index contributed by atoms with van der Waals surface area (Å²) in [5, 5.41) is 22.2. The molecule has 8 heteroatoms. The minimum Gasteiger partial charge on any atom is -0.507 e. The number of hydrogen-bond donors (Lipinski definition) is 2. The monoisotopic (exact) mass is 500 g/mol. The fraction of sp³-hybridized carbons (Fsp3) is 0. The minimum atomic E-state index is -0.359. The topological polar surface area (TPSA) is 86.4 Å². The predicted molar refractivity (Wildman–Crippen MR) is 116 cm³/mol. The number of benzene rings is 3. The second-order valence-corrected chi connectivity index (χ2v) is 7.46. The number of rotatable bonds is 5. The maximum atomic E-state index is 12.1. The summed E-state index contributed by atoms with van der Waals surface area (Å²) in [5.74, 6) is -0.343. The number of hydrogen-bond acceptors (Lipinski definition) is 5. The zero-order valence-corrected chi connectivity index (χ0v) is 17.6. The smallest absolute Gasteiger partial charge is 0.271 e. The van der Waals surface area contributed by atoms with Crippen LogP contribution < -0.4 is 5.43 Å². The summed E-state index contributed by atoms with van der Waals surface area (Å²) >= 11 is 6.70. The maximum absolute atomic E-state index is 12.1. The van der Waals surface area contributed by atoms with Crippen LogP contribution >= 0.6 is 31.9 Å². The second kappa shape index (κ2) is 9.38. The van der Waals surface area contributed by atoms with Crippen LogP contribution in [0.25, 0.3) is 0 Å². The number of carbonyl (C=O) groups excluding carboxylic acids is 1. The van der Waals surface area contributed by atoms with Crippen LogP contribution in [0.4, 0.5) is 11.4 Å². The van der Waals surface area contributed by atoms with Crippen molar-refractivity contribution in [2.24, 2.45) is 15.3 Å². The number of azo groups is 1. The fourth-order valence-electron chi connectivity index (χ4n) is 2.22. The average Bonchev–Trinajstić information content (AvgIpc) is 2.68. The summed E-state index contributed by atoms with van der Waals surface area (Å²) in [6.45, 7) is 0. The molecule has 0 saturated heterocycles. The van der Waals surface area contributed by atoms with Crippen LogP contribution in [0, 0.1) is 0 Å². The zero-order chi connectivity index (χ0) is 19.9. The largest absolute Gasteiger partial charge is 0.507 e. The fourth-order valence-corrected chi connectivity index (χ4v) is 3.00. The number of phenols is 1. The van der Waals surface area contributed by atoms with Crippen molar-refractivity contribution in [3.63, 3.8) is 0 Å². The van der Waals surface area contributed by atoms with Gasteiger partial charge in [0.05, 0.1) is 17.6 Å². The van der Waals surface area contributed by atoms with Crippen molar-refractivity contribution in [3.05, 3.63) is 86.8 Å². The third-order valence-corrected chi connectivity index (χ3v) is 4.54. The molecule has 3 rings (SSSR count). The van der Waals surface area contributed by atoms with E-state index in [1.54, 1.807) is 30.3 Å². The van der Waals surface area contributed by atoms with E-state index in [4.69, 9.17) is 0 Å². The Kier molecular flexibility index (Phi) is 6.67. The number of carbonyl (C=O) groups is 1. The standard InChI is InChI=1S/C20H14Br2N4O2/c21-15-4-1-3-13(9-15)20(28)26-23-12-14-10-18(7-8-19(14)27)25-24-17-6-2-5-16(22)11-17/h1-12,27H,(H,26,28). The lowest BCUT2D eigenvalue weighted by molar-refractivity contribution is 0.0955. The summed E-state index contributed by atoms with van der Waals surface area (Å²) in [6.07, 6.45) is 1.35. The molecule has 140 valence electrons. The van der Waals surface area contributed by atoms with Gasteiger partial charge in [-0.05, 0) is 54.6 Å². The Labute approximate surface area is 178 Å². The molecule has 0 atom stereocenters. The average molecular weight is 502 g/mol. The number of phenolic OH excluding ortho intramolecular Hbond substituents is 1. The Morgan fingerprint density at radius 1 is 0.893 bits per heavy atom. The van der Waals surface area contributed by atoms with Gasteiger partial charge < -0.3 is 5.11 Å². The molecule has 0 aromatic heterocycles. The van der Waals surface area contributed by atoms with Gasteiger partial charge in [0, 0.05) is 20.1 Å². The first-order valence-corrected chi connectivity index (χ1v) is 9.69. The molecule has 0 radical (unpaired) electrons. The third kappa shape index (κ3) is 5.58. The lowest BCUT2D eigenvalue weighted by Gasteiger charge is -2.02. The van der Waals surface area contributed by atoms with Crippen molar-refractivity contribution < 1.29 is 9.90 Å². The Bertz CT molecular complexity index is 1070. The highest BCUT2D eigenvalue weighted by atomic mass is 79.9. The third-order valence-electron chi connectivity index (χ3n) is 3.56. The van der Waals surface area contributed by atoms with Gasteiger partial charge in [-0.15, -0.1) is 0 Å². The molecule has 2 N–H and O–H groups in total. The molecule has 0 aliphatic heterocycles. The van der Waals surface area contributed by atoms with Crippen LogP contribution in [-0.4, -0.2) is 17.2 Å². The number of hydrazone groups is 1. The zero-order valence-electron chi connectivity index (χ0n) is 14.4. The van der Waals surface area contributed by atoms with E-state index < -0.39 is 0 Å². The Balaban J connectivity index is 1.71. The summed E-state index contributed by atoms with van der Waals surface area (Å²) in [7, 11) is 0. The lowest BCUT2D eigenvalue weighted by Crippen LogP contribution is -2.17. The van der Waals surface area contributed by atoms with Gasteiger partial charge in [-0.3, -0.25) is 4.79 Å². The van der Waals surface area contributed by atoms with Crippen molar-refractivity contribution in [2.75, 3.05) is 0 Å². The summed E-state index contributed by atoms with van der Waals surface area (Å²) in [6, 6.07) is 19.1. The van der Waals surface area contributed by atoms with Crippen molar-refractivity contribution in [2.45, 2.75) is 0 Å². The van der Waals surface area contributed by atoms with Crippen molar-refractivity contribution in [1.29, 1.82) is 0 Å². The SMILES string of the molecule is O=C(NN=Cc1cc(N=Nc2cccc(Br)c2)ccc1O)c1cccc(Br)c1. The molecule has 28 heavy (non-hydrogen) atoms. The van der Waals surface area contributed by atoms with Gasteiger partial charge in [0.25, 0.3) is 5.91 Å². The molecule has 1 amide bonds. The summed E-state index contributed by atoms with van der Waals surface area (Å²) in [5.41, 5.74) is 4.53. The highest BCUT2D eigenvalue weighted by Gasteiger charge is 2.05. The molecule has 0 spiro atoms. The maximum Gasteiger partial charge on any atom is 0.271 e. The lowest BCUT2D eigenvalue weighted by atomic mass is 10.2.